The SMILES string of the molecule is CC(C)CNCc1ccc(Cl)cc1-n1cc(I)cn1. The lowest BCUT2D eigenvalue weighted by atomic mass is 10.1. The third-order valence-electron chi connectivity index (χ3n) is 2.71. The molecule has 0 aliphatic carbocycles. The average molecular weight is 390 g/mol. The first kappa shape index (κ1) is 14.8. The van der Waals surface area contributed by atoms with Gasteiger partial charge in [0.05, 0.1) is 15.5 Å². The molecular formula is C14H17ClIN3. The molecule has 0 spiro atoms. The smallest absolute Gasteiger partial charge is 0.0705 e. The van der Waals surface area contributed by atoms with Gasteiger partial charge in [0.2, 0.25) is 0 Å². The highest BCUT2D eigenvalue weighted by atomic mass is 127. The highest BCUT2D eigenvalue weighted by Crippen LogP contribution is 2.20. The molecule has 1 N–H and O–H groups in total. The largest absolute Gasteiger partial charge is 0.312 e. The van der Waals surface area contributed by atoms with Crippen LogP contribution in [0.25, 0.3) is 5.69 Å². The number of nitrogens with one attached hydrogen (secondary N) is 1. The van der Waals surface area contributed by atoms with E-state index in [2.05, 4.69) is 52.9 Å². The molecule has 1 heterocycles. The Hall–Kier alpha value is -0.590. The number of rotatable bonds is 5. The van der Waals surface area contributed by atoms with Crippen molar-refractivity contribution in [3.63, 3.8) is 0 Å². The fourth-order valence-corrected chi connectivity index (χ4v) is 2.38. The van der Waals surface area contributed by atoms with Crippen molar-refractivity contribution in [1.29, 1.82) is 0 Å². The fourth-order valence-electron chi connectivity index (χ4n) is 1.83. The Labute approximate surface area is 132 Å². The Bertz CT molecular complexity index is 551. The van der Waals surface area contributed by atoms with Crippen LogP contribution in [0.2, 0.25) is 5.02 Å². The van der Waals surface area contributed by atoms with Crippen LogP contribution in [0.4, 0.5) is 0 Å². The second-order valence-corrected chi connectivity index (χ2v) is 6.58. The first-order valence-corrected chi connectivity index (χ1v) is 7.71. The first-order chi connectivity index (χ1) is 9.06. The predicted molar refractivity (Wildman–Crippen MR) is 87.8 cm³/mol. The van der Waals surface area contributed by atoms with E-state index in [-0.39, 0.29) is 0 Å². The summed E-state index contributed by atoms with van der Waals surface area (Å²) >= 11 is 8.35. The normalized spacial score (nSPS) is 11.2. The van der Waals surface area contributed by atoms with Crippen LogP contribution < -0.4 is 5.32 Å². The van der Waals surface area contributed by atoms with Gasteiger partial charge in [-0.1, -0.05) is 31.5 Å². The Balaban J connectivity index is 2.23. The van der Waals surface area contributed by atoms with E-state index < -0.39 is 0 Å². The van der Waals surface area contributed by atoms with E-state index in [1.807, 2.05) is 29.2 Å². The second kappa shape index (κ2) is 6.72. The van der Waals surface area contributed by atoms with Gasteiger partial charge in [-0.3, -0.25) is 0 Å². The minimum absolute atomic E-state index is 0.640. The van der Waals surface area contributed by atoms with E-state index in [9.17, 15) is 0 Å². The van der Waals surface area contributed by atoms with E-state index in [1.54, 1.807) is 0 Å². The summed E-state index contributed by atoms with van der Waals surface area (Å²) in [6.45, 7) is 6.22. The van der Waals surface area contributed by atoms with Gasteiger partial charge in [-0.05, 0) is 52.7 Å². The minimum Gasteiger partial charge on any atom is -0.312 e. The molecule has 0 unspecified atom stereocenters. The van der Waals surface area contributed by atoms with Gasteiger partial charge in [0, 0.05) is 17.8 Å². The lowest BCUT2D eigenvalue weighted by Crippen LogP contribution is -2.20. The zero-order valence-electron chi connectivity index (χ0n) is 11.0. The number of nitrogens with zero attached hydrogens (tertiary/aromatic N) is 2. The number of hydrogen-bond acceptors (Lipinski definition) is 2. The number of benzene rings is 1. The standard InChI is InChI=1S/C14H17ClIN3/c1-10(2)6-17-7-11-3-4-12(15)5-14(11)19-9-13(16)8-18-19/h3-5,8-10,17H,6-7H2,1-2H3. The van der Waals surface area contributed by atoms with Gasteiger partial charge in [0.15, 0.2) is 0 Å². The van der Waals surface area contributed by atoms with E-state index in [0.29, 0.717) is 5.92 Å². The van der Waals surface area contributed by atoms with Crippen LogP contribution >= 0.6 is 34.2 Å². The van der Waals surface area contributed by atoms with Crippen LogP contribution in [-0.2, 0) is 6.54 Å². The Morgan fingerprint density at radius 2 is 2.21 bits per heavy atom. The maximum atomic E-state index is 6.09. The quantitative estimate of drug-likeness (QED) is 0.787. The molecule has 0 aliphatic rings. The summed E-state index contributed by atoms with van der Waals surface area (Å²) < 4.78 is 2.98. The van der Waals surface area contributed by atoms with Crippen molar-refractivity contribution in [2.75, 3.05) is 6.54 Å². The third kappa shape index (κ3) is 4.19. The maximum Gasteiger partial charge on any atom is 0.0705 e. The van der Waals surface area contributed by atoms with Gasteiger partial charge in [0.1, 0.15) is 0 Å². The zero-order valence-corrected chi connectivity index (χ0v) is 13.9. The molecule has 2 rings (SSSR count). The van der Waals surface area contributed by atoms with Gasteiger partial charge in [-0.2, -0.15) is 5.10 Å². The molecule has 0 aliphatic heterocycles. The monoisotopic (exact) mass is 389 g/mol. The third-order valence-corrected chi connectivity index (χ3v) is 3.51. The van der Waals surface area contributed by atoms with E-state index in [1.165, 1.54) is 5.56 Å². The number of hydrogen-bond donors (Lipinski definition) is 1. The predicted octanol–water partition coefficient (Wildman–Crippen LogP) is 3.88. The summed E-state index contributed by atoms with van der Waals surface area (Å²) in [7, 11) is 0. The Morgan fingerprint density at radius 1 is 1.42 bits per heavy atom. The molecule has 102 valence electrons. The van der Waals surface area contributed by atoms with Gasteiger partial charge in [-0.25, -0.2) is 4.68 Å². The van der Waals surface area contributed by atoms with Crippen LogP contribution in [-0.4, -0.2) is 16.3 Å². The van der Waals surface area contributed by atoms with Crippen molar-refractivity contribution in [1.82, 2.24) is 15.1 Å². The molecule has 3 nitrogen and oxygen atoms in total. The number of halogens is 2. The molecule has 5 heteroatoms. The van der Waals surface area contributed by atoms with E-state index in [0.717, 1.165) is 27.4 Å². The molecular weight excluding hydrogens is 373 g/mol. The van der Waals surface area contributed by atoms with Crippen molar-refractivity contribution in [2.45, 2.75) is 20.4 Å². The lowest BCUT2D eigenvalue weighted by molar-refractivity contribution is 0.551. The highest BCUT2D eigenvalue weighted by Gasteiger charge is 2.07. The van der Waals surface area contributed by atoms with Crippen molar-refractivity contribution in [3.8, 4) is 5.69 Å². The van der Waals surface area contributed by atoms with Gasteiger partial charge in [-0.15, -0.1) is 0 Å². The van der Waals surface area contributed by atoms with Gasteiger partial charge >= 0.3 is 0 Å². The van der Waals surface area contributed by atoms with Crippen molar-refractivity contribution in [3.05, 3.63) is 44.7 Å². The topological polar surface area (TPSA) is 29.9 Å². The summed E-state index contributed by atoms with van der Waals surface area (Å²) in [5.74, 6) is 0.640. The molecule has 0 radical (unpaired) electrons. The Morgan fingerprint density at radius 3 is 2.84 bits per heavy atom. The van der Waals surface area contributed by atoms with Crippen LogP contribution in [0.5, 0.6) is 0 Å². The van der Waals surface area contributed by atoms with Crippen LogP contribution in [0.3, 0.4) is 0 Å². The lowest BCUT2D eigenvalue weighted by Gasteiger charge is -2.12. The molecule has 0 bridgehead atoms. The maximum absolute atomic E-state index is 6.09. The molecule has 0 atom stereocenters. The molecule has 0 saturated carbocycles. The zero-order chi connectivity index (χ0) is 13.8. The molecule has 0 saturated heterocycles. The summed E-state index contributed by atoms with van der Waals surface area (Å²) in [6.07, 6.45) is 3.84. The second-order valence-electron chi connectivity index (χ2n) is 4.90. The van der Waals surface area contributed by atoms with Crippen LogP contribution in [0, 0.1) is 9.49 Å². The summed E-state index contributed by atoms with van der Waals surface area (Å²) in [5, 5.41) is 8.53. The molecule has 1 aromatic carbocycles. The first-order valence-electron chi connectivity index (χ1n) is 6.26. The molecule has 1 aromatic heterocycles. The van der Waals surface area contributed by atoms with Crippen molar-refractivity contribution < 1.29 is 0 Å². The van der Waals surface area contributed by atoms with Crippen molar-refractivity contribution >= 4 is 34.2 Å². The number of aromatic nitrogens is 2. The van der Waals surface area contributed by atoms with E-state index >= 15 is 0 Å². The summed E-state index contributed by atoms with van der Waals surface area (Å²) in [5.41, 5.74) is 2.23. The van der Waals surface area contributed by atoms with Gasteiger partial charge < -0.3 is 5.32 Å². The molecule has 0 fully saturated rings. The molecule has 2 aromatic rings. The highest BCUT2D eigenvalue weighted by molar-refractivity contribution is 14.1. The van der Waals surface area contributed by atoms with Crippen LogP contribution in [0.1, 0.15) is 19.4 Å². The molecule has 0 amide bonds. The van der Waals surface area contributed by atoms with Gasteiger partial charge in [0.25, 0.3) is 0 Å². The Kier molecular flexibility index (Phi) is 5.24. The van der Waals surface area contributed by atoms with E-state index in [4.69, 9.17) is 11.6 Å². The summed E-state index contributed by atoms with van der Waals surface area (Å²) in [6, 6.07) is 5.93. The van der Waals surface area contributed by atoms with Crippen LogP contribution in [0.15, 0.2) is 30.6 Å². The average Bonchev–Trinajstić information content (AvgIpc) is 2.77. The minimum atomic E-state index is 0.640. The molecule has 19 heavy (non-hydrogen) atoms. The summed E-state index contributed by atoms with van der Waals surface area (Å²) in [4.78, 5) is 0. The fraction of sp³-hybridized carbons (Fsp3) is 0.357. The van der Waals surface area contributed by atoms with Crippen molar-refractivity contribution in [2.24, 2.45) is 5.92 Å².